The van der Waals surface area contributed by atoms with Gasteiger partial charge >= 0.3 is 6.09 Å². The van der Waals surface area contributed by atoms with Gasteiger partial charge in [0.1, 0.15) is 22.7 Å². The van der Waals surface area contributed by atoms with Crippen molar-refractivity contribution in [2.45, 2.75) is 44.2 Å². The molecule has 4 nitrogen and oxygen atoms in total. The van der Waals surface area contributed by atoms with E-state index in [0.717, 1.165) is 12.0 Å². The van der Waals surface area contributed by atoms with Crippen molar-refractivity contribution in [1.82, 2.24) is 5.32 Å². The maximum absolute atomic E-state index is 13.5. The van der Waals surface area contributed by atoms with Gasteiger partial charge in [-0.2, -0.15) is 0 Å². The van der Waals surface area contributed by atoms with Crippen molar-refractivity contribution in [3.63, 3.8) is 0 Å². The molecule has 7 heteroatoms. The lowest BCUT2D eigenvalue weighted by atomic mass is 10.1. The number of methoxy groups -OCH3 is 1. The summed E-state index contributed by atoms with van der Waals surface area (Å²) in [7, 11) is 1.47. The smallest absolute Gasteiger partial charge is 0.408 e. The van der Waals surface area contributed by atoms with E-state index in [9.17, 15) is 9.18 Å². The second-order valence-electron chi connectivity index (χ2n) is 6.56. The summed E-state index contributed by atoms with van der Waals surface area (Å²) in [6, 6.07) is 2.81. The van der Waals surface area contributed by atoms with Crippen LogP contribution in [0, 0.1) is 11.7 Å². The van der Waals surface area contributed by atoms with Gasteiger partial charge in [0.25, 0.3) is 0 Å². The Balaban J connectivity index is 2.02. The Kier molecular flexibility index (Phi) is 5.31. The number of amides is 1. The number of hydrogen-bond acceptors (Lipinski definition) is 3. The number of nitrogens with one attached hydrogen (secondary N) is 1. The van der Waals surface area contributed by atoms with Crippen LogP contribution >= 0.6 is 23.2 Å². The molecular formula is C16H20Cl2FNO3. The van der Waals surface area contributed by atoms with Gasteiger partial charge in [-0.05, 0) is 44.7 Å². The number of carbonyl (C=O) groups is 1. The van der Waals surface area contributed by atoms with Crippen LogP contribution in [0.25, 0.3) is 0 Å². The molecule has 0 heterocycles. The Bertz CT molecular complexity index is 604. The van der Waals surface area contributed by atoms with Crippen LogP contribution in [-0.2, 0) is 4.74 Å². The standard InChI is InChI=1S/C16H20Cl2FNO3/c1-16(2,3)23-15(21)20-14(18)10-5-8(10)9-6-11(17)12(19)7-13(9)22-4/h6-8,10,14H,5H2,1-4H3,(H,20,21). The molecule has 1 N–H and O–H groups in total. The lowest BCUT2D eigenvalue weighted by molar-refractivity contribution is 0.0516. The summed E-state index contributed by atoms with van der Waals surface area (Å²) in [4.78, 5) is 11.8. The van der Waals surface area contributed by atoms with Crippen LogP contribution in [0.3, 0.4) is 0 Å². The van der Waals surface area contributed by atoms with Gasteiger partial charge in [-0.1, -0.05) is 23.2 Å². The topological polar surface area (TPSA) is 47.6 Å². The first-order chi connectivity index (χ1) is 10.6. The normalized spacial score (nSPS) is 21.5. The number of hydrogen-bond donors (Lipinski definition) is 1. The summed E-state index contributed by atoms with van der Waals surface area (Å²) < 4.78 is 23.9. The van der Waals surface area contributed by atoms with E-state index in [4.69, 9.17) is 32.7 Å². The fourth-order valence-electron chi connectivity index (χ4n) is 2.43. The molecule has 1 aromatic carbocycles. The van der Waals surface area contributed by atoms with Gasteiger partial charge in [-0.3, -0.25) is 0 Å². The molecule has 3 atom stereocenters. The Hall–Kier alpha value is -1.20. The quantitative estimate of drug-likeness (QED) is 0.623. The van der Waals surface area contributed by atoms with Gasteiger partial charge in [0.15, 0.2) is 0 Å². The molecule has 128 valence electrons. The number of ether oxygens (including phenoxy) is 2. The third kappa shape index (κ3) is 4.64. The van der Waals surface area contributed by atoms with Crippen molar-refractivity contribution in [2.75, 3.05) is 7.11 Å². The summed E-state index contributed by atoms with van der Waals surface area (Å²) in [5.41, 5.74) is -0.374. The minimum Gasteiger partial charge on any atom is -0.496 e. The van der Waals surface area contributed by atoms with Crippen molar-refractivity contribution in [3.8, 4) is 5.75 Å². The van der Waals surface area contributed by atoms with E-state index in [-0.39, 0.29) is 16.9 Å². The fourth-order valence-corrected chi connectivity index (χ4v) is 2.97. The third-order valence-corrected chi connectivity index (χ3v) is 4.26. The lowest BCUT2D eigenvalue weighted by Crippen LogP contribution is -2.37. The highest BCUT2D eigenvalue weighted by molar-refractivity contribution is 6.30. The molecule has 2 rings (SSSR count). The first kappa shape index (κ1) is 18.1. The van der Waals surface area contributed by atoms with Crippen LogP contribution in [0.15, 0.2) is 12.1 Å². The highest BCUT2D eigenvalue weighted by Gasteiger charge is 2.45. The molecule has 0 spiro atoms. The van der Waals surface area contributed by atoms with Crippen molar-refractivity contribution < 1.29 is 18.7 Å². The predicted molar refractivity (Wildman–Crippen MR) is 87.8 cm³/mol. The molecule has 0 radical (unpaired) electrons. The van der Waals surface area contributed by atoms with Gasteiger partial charge in [-0.25, -0.2) is 9.18 Å². The zero-order valence-corrected chi connectivity index (χ0v) is 15.0. The number of benzene rings is 1. The molecule has 1 aliphatic carbocycles. The highest BCUT2D eigenvalue weighted by atomic mass is 35.5. The summed E-state index contributed by atoms with van der Waals surface area (Å²) in [5, 5.41) is 2.66. The minimum atomic E-state index is -0.586. The Morgan fingerprint density at radius 1 is 1.43 bits per heavy atom. The molecule has 1 aliphatic rings. The fraction of sp³-hybridized carbons (Fsp3) is 0.562. The predicted octanol–water partition coefficient (Wildman–Crippen LogP) is 4.68. The van der Waals surface area contributed by atoms with Gasteiger partial charge in [-0.15, -0.1) is 0 Å². The maximum atomic E-state index is 13.5. The monoisotopic (exact) mass is 363 g/mol. The van der Waals surface area contributed by atoms with E-state index in [2.05, 4.69) is 5.32 Å². The molecular weight excluding hydrogens is 344 g/mol. The molecule has 1 fully saturated rings. The molecule has 1 amide bonds. The van der Waals surface area contributed by atoms with E-state index in [1.807, 2.05) is 0 Å². The highest BCUT2D eigenvalue weighted by Crippen LogP contribution is 2.53. The molecule has 0 bridgehead atoms. The minimum absolute atomic E-state index is 0.0135. The summed E-state index contributed by atoms with van der Waals surface area (Å²) in [6.07, 6.45) is 0.190. The molecule has 0 saturated heterocycles. The second kappa shape index (κ2) is 6.73. The molecule has 23 heavy (non-hydrogen) atoms. The number of alkyl halides is 1. The zero-order chi connectivity index (χ0) is 17.4. The lowest BCUT2D eigenvalue weighted by Gasteiger charge is -2.21. The first-order valence-electron chi connectivity index (χ1n) is 7.29. The zero-order valence-electron chi connectivity index (χ0n) is 13.5. The van der Waals surface area contributed by atoms with Crippen molar-refractivity contribution in [2.24, 2.45) is 5.92 Å². The number of alkyl carbamates (subject to hydrolysis) is 1. The Morgan fingerprint density at radius 3 is 2.65 bits per heavy atom. The van der Waals surface area contributed by atoms with Crippen LogP contribution in [-0.4, -0.2) is 24.3 Å². The molecule has 3 unspecified atom stereocenters. The van der Waals surface area contributed by atoms with Crippen LogP contribution in [0.2, 0.25) is 5.02 Å². The maximum Gasteiger partial charge on any atom is 0.408 e. The molecule has 1 saturated carbocycles. The average Bonchev–Trinajstić information content (AvgIpc) is 3.19. The largest absolute Gasteiger partial charge is 0.496 e. The van der Waals surface area contributed by atoms with Crippen LogP contribution < -0.4 is 10.1 Å². The van der Waals surface area contributed by atoms with E-state index in [1.54, 1.807) is 26.8 Å². The van der Waals surface area contributed by atoms with Crippen LogP contribution in [0.5, 0.6) is 5.75 Å². The van der Waals surface area contributed by atoms with Crippen molar-refractivity contribution >= 4 is 29.3 Å². The van der Waals surface area contributed by atoms with Gasteiger partial charge < -0.3 is 14.8 Å². The first-order valence-corrected chi connectivity index (χ1v) is 8.10. The van der Waals surface area contributed by atoms with E-state index in [0.29, 0.717) is 5.75 Å². The van der Waals surface area contributed by atoms with Gasteiger partial charge in [0.05, 0.1) is 12.1 Å². The van der Waals surface area contributed by atoms with Gasteiger partial charge in [0.2, 0.25) is 0 Å². The molecule has 0 aliphatic heterocycles. The van der Waals surface area contributed by atoms with E-state index >= 15 is 0 Å². The number of rotatable bonds is 4. The van der Waals surface area contributed by atoms with Crippen molar-refractivity contribution in [1.29, 1.82) is 0 Å². The SMILES string of the molecule is COc1cc(F)c(Cl)cc1C1CC1C(Cl)NC(=O)OC(C)(C)C. The number of carbonyl (C=O) groups excluding carboxylic acids is 1. The molecule has 0 aromatic heterocycles. The summed E-state index contributed by atoms with van der Waals surface area (Å²) >= 11 is 12.1. The second-order valence-corrected chi connectivity index (χ2v) is 7.44. The van der Waals surface area contributed by atoms with Gasteiger partial charge in [0, 0.05) is 12.0 Å². The summed E-state index contributed by atoms with van der Waals surface area (Å²) in [6.45, 7) is 5.34. The van der Waals surface area contributed by atoms with E-state index < -0.39 is 23.0 Å². The van der Waals surface area contributed by atoms with Crippen LogP contribution in [0.4, 0.5) is 9.18 Å². The number of halogens is 3. The third-order valence-electron chi connectivity index (χ3n) is 3.54. The Labute approximate surface area is 145 Å². The van der Waals surface area contributed by atoms with E-state index in [1.165, 1.54) is 13.2 Å². The summed E-state index contributed by atoms with van der Waals surface area (Å²) in [5.74, 6) is -0.0283. The van der Waals surface area contributed by atoms with Crippen molar-refractivity contribution in [3.05, 3.63) is 28.5 Å². The Morgan fingerprint density at radius 2 is 2.09 bits per heavy atom. The molecule has 1 aromatic rings. The van der Waals surface area contributed by atoms with Crippen LogP contribution in [0.1, 0.15) is 38.7 Å². The average molecular weight is 364 g/mol.